The van der Waals surface area contributed by atoms with E-state index in [0.717, 1.165) is 10.8 Å². The summed E-state index contributed by atoms with van der Waals surface area (Å²) in [4.78, 5) is 22.3. The van der Waals surface area contributed by atoms with Crippen molar-refractivity contribution >= 4 is 50.3 Å². The van der Waals surface area contributed by atoms with Crippen LogP contribution in [0.2, 0.25) is 0 Å². The van der Waals surface area contributed by atoms with Crippen molar-refractivity contribution < 1.29 is 13.2 Å². The average molecular weight is 570 g/mol. The lowest BCUT2D eigenvalue weighted by Gasteiger charge is -2.20. The normalized spacial score (nSPS) is 12.1. The molecule has 0 amide bonds. The van der Waals surface area contributed by atoms with Crippen LogP contribution in [0.3, 0.4) is 0 Å². The molecule has 43 heavy (non-hydrogen) atoms. The molecule has 210 valence electrons. The monoisotopic (exact) mass is 569 g/mol. The molecule has 0 spiro atoms. The lowest BCUT2D eigenvalue weighted by atomic mass is 9.98. The molecular formula is C34H24FN5O3. The fourth-order valence-corrected chi connectivity index (χ4v) is 5.49. The Labute approximate surface area is 244 Å². The van der Waals surface area contributed by atoms with Gasteiger partial charge >= 0.3 is 0 Å². The number of halogens is 1. The molecular weight excluding hydrogens is 545 g/mol. The third kappa shape index (κ3) is 4.38. The molecule has 0 aliphatic rings. The minimum Gasteiger partial charge on any atom is -0.458 e. The van der Waals surface area contributed by atoms with Crippen LogP contribution in [0.5, 0.6) is 0 Å². The van der Waals surface area contributed by atoms with E-state index in [1.54, 1.807) is 49.4 Å². The van der Waals surface area contributed by atoms with Crippen LogP contribution in [0.25, 0.3) is 44.0 Å². The van der Waals surface area contributed by atoms with Crippen LogP contribution in [0, 0.1) is 11.2 Å². The SMILES string of the molecule is CC(Nc1ncnc(N)c1C(=N)c1cccc2c1oc1ccccc12)c1oc2ccccc2c(=O)c1-c1cccc(F)c1. The van der Waals surface area contributed by atoms with Crippen LogP contribution in [0.4, 0.5) is 16.0 Å². The standard InChI is InChI=1S/C34H24FN5O3/c1-18(31-27(19-8-6-9-20(35)16-19)30(41)23-11-3-5-15-26(23)42-31)40-34-28(33(37)38-17-39-34)29(36)24-13-7-12-22-21-10-2-4-14-25(21)43-32(22)24/h2-18,36H,1H3,(H3,37,38,39,40). The first-order chi connectivity index (χ1) is 20.9. The summed E-state index contributed by atoms with van der Waals surface area (Å²) in [6.07, 6.45) is 1.30. The van der Waals surface area contributed by atoms with Crippen molar-refractivity contribution in [2.24, 2.45) is 0 Å². The second-order valence-corrected chi connectivity index (χ2v) is 10.2. The number of aromatic nitrogens is 2. The summed E-state index contributed by atoms with van der Waals surface area (Å²) in [6.45, 7) is 1.79. The van der Waals surface area contributed by atoms with Crippen LogP contribution in [-0.2, 0) is 0 Å². The zero-order valence-electron chi connectivity index (χ0n) is 22.9. The van der Waals surface area contributed by atoms with Gasteiger partial charge in [-0.3, -0.25) is 10.2 Å². The molecule has 1 atom stereocenters. The van der Waals surface area contributed by atoms with Gasteiger partial charge in [0.1, 0.15) is 46.3 Å². The van der Waals surface area contributed by atoms with E-state index in [2.05, 4.69) is 15.3 Å². The Morgan fingerprint density at radius 1 is 0.884 bits per heavy atom. The van der Waals surface area contributed by atoms with E-state index in [0.29, 0.717) is 33.3 Å². The van der Waals surface area contributed by atoms with E-state index in [9.17, 15) is 14.6 Å². The van der Waals surface area contributed by atoms with Crippen molar-refractivity contribution in [3.8, 4) is 11.1 Å². The molecule has 7 aromatic rings. The Kier molecular flexibility index (Phi) is 6.20. The lowest BCUT2D eigenvalue weighted by molar-refractivity contribution is 0.515. The highest BCUT2D eigenvalue weighted by atomic mass is 19.1. The van der Waals surface area contributed by atoms with Gasteiger partial charge in [0.2, 0.25) is 5.43 Å². The van der Waals surface area contributed by atoms with Gasteiger partial charge in [0, 0.05) is 16.3 Å². The van der Waals surface area contributed by atoms with Gasteiger partial charge in [0.05, 0.1) is 28.3 Å². The van der Waals surface area contributed by atoms with Crippen LogP contribution >= 0.6 is 0 Å². The third-order valence-corrected chi connectivity index (χ3v) is 7.49. The van der Waals surface area contributed by atoms with Gasteiger partial charge in [-0.2, -0.15) is 0 Å². The summed E-state index contributed by atoms with van der Waals surface area (Å²) in [6, 6.07) is 25.4. The minimum absolute atomic E-state index is 0.0581. The molecule has 8 nitrogen and oxygen atoms in total. The van der Waals surface area contributed by atoms with Crippen molar-refractivity contribution in [3.05, 3.63) is 130 Å². The largest absolute Gasteiger partial charge is 0.458 e. The van der Waals surface area contributed by atoms with E-state index in [1.165, 1.54) is 18.5 Å². The summed E-state index contributed by atoms with van der Waals surface area (Å²) in [7, 11) is 0. The summed E-state index contributed by atoms with van der Waals surface area (Å²) in [5, 5.41) is 14.7. The average Bonchev–Trinajstić information content (AvgIpc) is 3.40. The molecule has 3 heterocycles. The number of hydrogen-bond acceptors (Lipinski definition) is 8. The molecule has 0 aliphatic carbocycles. The number of fused-ring (bicyclic) bond motifs is 4. The van der Waals surface area contributed by atoms with E-state index in [4.69, 9.17) is 14.6 Å². The molecule has 0 fully saturated rings. The summed E-state index contributed by atoms with van der Waals surface area (Å²) in [5.74, 6) is 0.159. The van der Waals surface area contributed by atoms with Crippen LogP contribution < -0.4 is 16.5 Å². The van der Waals surface area contributed by atoms with Crippen LogP contribution in [0.1, 0.15) is 29.9 Å². The Balaban J connectivity index is 1.35. The van der Waals surface area contributed by atoms with Gasteiger partial charge in [0.15, 0.2) is 0 Å². The first-order valence-corrected chi connectivity index (χ1v) is 13.6. The molecule has 0 aliphatic heterocycles. The van der Waals surface area contributed by atoms with Crippen molar-refractivity contribution in [1.29, 1.82) is 5.41 Å². The van der Waals surface area contributed by atoms with E-state index >= 15 is 0 Å². The molecule has 4 aromatic carbocycles. The maximum atomic E-state index is 14.3. The number of benzene rings is 4. The Hall–Kier alpha value is -5.83. The Morgan fingerprint density at radius 3 is 2.37 bits per heavy atom. The number of nitrogens with zero attached hydrogens (tertiary/aromatic N) is 2. The van der Waals surface area contributed by atoms with Crippen molar-refractivity contribution in [3.63, 3.8) is 0 Å². The number of nitrogens with two attached hydrogens (primary N) is 1. The Bertz CT molecular complexity index is 2270. The lowest BCUT2D eigenvalue weighted by Crippen LogP contribution is -2.18. The predicted octanol–water partition coefficient (Wildman–Crippen LogP) is 7.46. The van der Waals surface area contributed by atoms with E-state index < -0.39 is 11.9 Å². The highest BCUT2D eigenvalue weighted by Crippen LogP contribution is 2.35. The van der Waals surface area contributed by atoms with Gasteiger partial charge in [-0.25, -0.2) is 14.4 Å². The summed E-state index contributed by atoms with van der Waals surface area (Å²) < 4.78 is 26.7. The van der Waals surface area contributed by atoms with Gasteiger partial charge in [-0.05, 0) is 48.9 Å². The topological polar surface area (TPSA) is 131 Å². The second kappa shape index (κ2) is 10.2. The van der Waals surface area contributed by atoms with Crippen LogP contribution in [0.15, 0.2) is 111 Å². The number of nitrogen functional groups attached to an aromatic ring is 1. The molecule has 0 saturated heterocycles. The number of rotatable bonds is 6. The number of para-hydroxylation sites is 3. The first-order valence-electron chi connectivity index (χ1n) is 13.6. The molecule has 7 rings (SSSR count). The highest BCUT2D eigenvalue weighted by Gasteiger charge is 2.25. The number of furan rings is 1. The predicted molar refractivity (Wildman–Crippen MR) is 166 cm³/mol. The number of nitrogens with one attached hydrogen (secondary N) is 2. The maximum absolute atomic E-state index is 14.3. The molecule has 4 N–H and O–H groups in total. The molecule has 3 aromatic heterocycles. The van der Waals surface area contributed by atoms with Gasteiger partial charge in [0.25, 0.3) is 0 Å². The first kappa shape index (κ1) is 26.1. The zero-order chi connectivity index (χ0) is 29.7. The van der Waals surface area contributed by atoms with Crippen LogP contribution in [-0.4, -0.2) is 15.7 Å². The minimum atomic E-state index is -0.654. The molecule has 0 saturated carbocycles. The van der Waals surface area contributed by atoms with Gasteiger partial charge in [-0.15, -0.1) is 0 Å². The van der Waals surface area contributed by atoms with Crippen molar-refractivity contribution in [1.82, 2.24) is 9.97 Å². The maximum Gasteiger partial charge on any atom is 0.200 e. The molecule has 0 radical (unpaired) electrons. The number of anilines is 2. The van der Waals surface area contributed by atoms with Gasteiger partial charge in [-0.1, -0.05) is 54.6 Å². The second-order valence-electron chi connectivity index (χ2n) is 10.2. The molecule has 1 unspecified atom stereocenters. The van der Waals surface area contributed by atoms with Crippen molar-refractivity contribution in [2.75, 3.05) is 11.1 Å². The fourth-order valence-electron chi connectivity index (χ4n) is 5.49. The van der Waals surface area contributed by atoms with E-state index in [1.807, 2.05) is 36.4 Å². The summed E-state index contributed by atoms with van der Waals surface area (Å²) in [5.41, 5.74) is 9.15. The number of hydrogen-bond donors (Lipinski definition) is 3. The van der Waals surface area contributed by atoms with Crippen molar-refractivity contribution in [2.45, 2.75) is 13.0 Å². The smallest absolute Gasteiger partial charge is 0.200 e. The molecule has 0 bridgehead atoms. The fraction of sp³-hybridized carbons (Fsp3) is 0.0588. The quantitative estimate of drug-likeness (QED) is 0.177. The highest BCUT2D eigenvalue weighted by molar-refractivity contribution is 6.23. The van der Waals surface area contributed by atoms with E-state index in [-0.39, 0.29) is 39.7 Å². The third-order valence-electron chi connectivity index (χ3n) is 7.49. The van der Waals surface area contributed by atoms with Gasteiger partial charge < -0.3 is 19.9 Å². The molecule has 9 heteroatoms. The zero-order valence-corrected chi connectivity index (χ0v) is 22.9. The Morgan fingerprint density at radius 2 is 1.58 bits per heavy atom. The summed E-state index contributed by atoms with van der Waals surface area (Å²) >= 11 is 0.